The lowest BCUT2D eigenvalue weighted by molar-refractivity contribution is -0.125. The van der Waals surface area contributed by atoms with Gasteiger partial charge in [0.2, 0.25) is 5.91 Å². The molecule has 148 valence electrons. The topological polar surface area (TPSA) is 72.2 Å². The molecule has 1 amide bonds. The van der Waals surface area contributed by atoms with E-state index in [9.17, 15) is 9.59 Å². The van der Waals surface area contributed by atoms with Crippen LogP contribution in [-0.4, -0.2) is 18.2 Å². The van der Waals surface area contributed by atoms with Crippen molar-refractivity contribution >= 4 is 17.4 Å². The Kier molecular flexibility index (Phi) is 16.7. The van der Waals surface area contributed by atoms with E-state index in [1.807, 2.05) is 0 Å². The molecule has 1 aromatic rings. The minimum absolute atomic E-state index is 0.139. The molecule has 1 rings (SSSR count). The summed E-state index contributed by atoms with van der Waals surface area (Å²) >= 11 is 0. The number of ketones is 1. The SMILES string of the molecule is CC(=O)CC(N)=O.CCCCCCCCCCCCNc1ccccc1. The van der Waals surface area contributed by atoms with Gasteiger partial charge in [-0.3, -0.25) is 9.59 Å². The molecule has 0 heterocycles. The Bertz CT molecular complexity index is 448. The molecule has 0 bridgehead atoms. The van der Waals surface area contributed by atoms with Crippen molar-refractivity contribution in [1.82, 2.24) is 0 Å². The van der Waals surface area contributed by atoms with E-state index in [1.165, 1.54) is 76.8 Å². The fourth-order valence-corrected chi connectivity index (χ4v) is 2.65. The van der Waals surface area contributed by atoms with Crippen LogP contribution in [0.1, 0.15) is 84.5 Å². The molecular formula is C22H38N2O2. The molecule has 0 spiro atoms. The van der Waals surface area contributed by atoms with Crippen molar-refractivity contribution in [2.45, 2.75) is 84.5 Å². The Balaban J connectivity index is 0.000000758. The first-order chi connectivity index (χ1) is 12.6. The third-order valence-electron chi connectivity index (χ3n) is 4.06. The van der Waals surface area contributed by atoms with Crippen molar-refractivity contribution in [2.75, 3.05) is 11.9 Å². The maximum absolute atomic E-state index is 9.95. The smallest absolute Gasteiger partial charge is 0.224 e. The molecule has 3 N–H and O–H groups in total. The molecule has 0 aromatic heterocycles. The van der Waals surface area contributed by atoms with Crippen molar-refractivity contribution in [3.05, 3.63) is 30.3 Å². The van der Waals surface area contributed by atoms with Crippen LogP contribution in [0.5, 0.6) is 0 Å². The van der Waals surface area contributed by atoms with Gasteiger partial charge in [-0.05, 0) is 25.5 Å². The lowest BCUT2D eigenvalue weighted by Gasteiger charge is -2.06. The van der Waals surface area contributed by atoms with Crippen molar-refractivity contribution in [1.29, 1.82) is 0 Å². The second-order valence-electron chi connectivity index (χ2n) is 6.82. The molecule has 0 saturated carbocycles. The zero-order valence-electron chi connectivity index (χ0n) is 16.8. The molecule has 0 atom stereocenters. The number of carbonyl (C=O) groups is 2. The van der Waals surface area contributed by atoms with E-state index >= 15 is 0 Å². The molecule has 4 nitrogen and oxygen atoms in total. The minimum atomic E-state index is -0.562. The Morgan fingerprint density at radius 1 is 0.846 bits per heavy atom. The average Bonchev–Trinajstić information content (AvgIpc) is 2.60. The average molecular weight is 363 g/mol. The van der Waals surface area contributed by atoms with Gasteiger partial charge < -0.3 is 11.1 Å². The monoisotopic (exact) mass is 362 g/mol. The number of unbranched alkanes of at least 4 members (excludes halogenated alkanes) is 9. The van der Waals surface area contributed by atoms with Gasteiger partial charge in [0, 0.05) is 12.2 Å². The second-order valence-corrected chi connectivity index (χ2v) is 6.82. The van der Waals surface area contributed by atoms with Crippen LogP contribution in [-0.2, 0) is 9.59 Å². The number of benzene rings is 1. The summed E-state index contributed by atoms with van der Waals surface area (Å²) in [6.07, 6.45) is 13.9. The zero-order valence-corrected chi connectivity index (χ0v) is 16.8. The van der Waals surface area contributed by atoms with E-state index in [0.29, 0.717) is 0 Å². The van der Waals surface area contributed by atoms with Gasteiger partial charge in [-0.25, -0.2) is 0 Å². The summed E-state index contributed by atoms with van der Waals surface area (Å²) in [6, 6.07) is 10.5. The molecule has 0 aliphatic carbocycles. The summed E-state index contributed by atoms with van der Waals surface area (Å²) < 4.78 is 0. The van der Waals surface area contributed by atoms with Crippen molar-refractivity contribution in [3.8, 4) is 0 Å². The van der Waals surface area contributed by atoms with Crippen LogP contribution in [0.3, 0.4) is 0 Å². The van der Waals surface area contributed by atoms with E-state index in [-0.39, 0.29) is 12.2 Å². The van der Waals surface area contributed by atoms with Gasteiger partial charge in [-0.2, -0.15) is 0 Å². The Hall–Kier alpha value is -1.84. The fraction of sp³-hybridized carbons (Fsp3) is 0.636. The predicted octanol–water partition coefficient (Wildman–Crippen LogP) is 5.47. The highest BCUT2D eigenvalue weighted by atomic mass is 16.2. The van der Waals surface area contributed by atoms with Crippen molar-refractivity contribution < 1.29 is 9.59 Å². The number of amides is 1. The Morgan fingerprint density at radius 2 is 1.35 bits per heavy atom. The van der Waals surface area contributed by atoms with Crippen LogP contribution < -0.4 is 11.1 Å². The second kappa shape index (κ2) is 18.0. The predicted molar refractivity (Wildman–Crippen MR) is 111 cm³/mol. The van der Waals surface area contributed by atoms with E-state index in [1.54, 1.807) is 0 Å². The zero-order chi connectivity index (χ0) is 19.5. The standard InChI is InChI=1S/C18H31N.C4H7NO2/c1-2-3-4-5-6-7-8-9-10-14-17-19-18-15-12-11-13-16-18;1-3(6)2-4(5)7/h11-13,15-16,19H,2-10,14,17H2,1H3;2H2,1H3,(H2,5,7). The van der Waals surface area contributed by atoms with Crippen LogP contribution in [0.25, 0.3) is 0 Å². The molecular weight excluding hydrogens is 324 g/mol. The maximum Gasteiger partial charge on any atom is 0.224 e. The van der Waals surface area contributed by atoms with Gasteiger partial charge in [0.05, 0.1) is 6.42 Å². The van der Waals surface area contributed by atoms with Gasteiger partial charge in [0.1, 0.15) is 5.78 Å². The molecule has 0 fully saturated rings. The van der Waals surface area contributed by atoms with Crippen LogP contribution in [0.4, 0.5) is 5.69 Å². The Labute approximate surface area is 159 Å². The molecule has 0 saturated heterocycles. The lowest BCUT2D eigenvalue weighted by Crippen LogP contribution is -2.13. The Morgan fingerprint density at radius 3 is 1.77 bits per heavy atom. The molecule has 0 aliphatic rings. The molecule has 4 heteroatoms. The van der Waals surface area contributed by atoms with E-state index < -0.39 is 5.91 Å². The third kappa shape index (κ3) is 18.5. The number of rotatable bonds is 14. The first-order valence-electron chi connectivity index (χ1n) is 10.1. The van der Waals surface area contributed by atoms with E-state index in [4.69, 9.17) is 0 Å². The summed E-state index contributed by atoms with van der Waals surface area (Å²) in [5, 5.41) is 3.47. The minimum Gasteiger partial charge on any atom is -0.385 e. The number of hydrogen-bond donors (Lipinski definition) is 2. The molecule has 26 heavy (non-hydrogen) atoms. The normalized spacial score (nSPS) is 9.92. The number of Topliss-reactive ketones (excluding diaryl/α,β-unsaturated/α-hetero) is 1. The van der Waals surface area contributed by atoms with Crippen LogP contribution in [0.2, 0.25) is 0 Å². The highest BCUT2D eigenvalue weighted by Crippen LogP contribution is 2.11. The highest BCUT2D eigenvalue weighted by molar-refractivity contribution is 5.95. The van der Waals surface area contributed by atoms with Crippen molar-refractivity contribution in [3.63, 3.8) is 0 Å². The number of primary amides is 1. The molecule has 0 unspecified atom stereocenters. The first kappa shape index (κ1) is 24.2. The summed E-state index contributed by atoms with van der Waals surface area (Å²) in [4.78, 5) is 19.8. The van der Waals surface area contributed by atoms with Gasteiger partial charge in [0.25, 0.3) is 0 Å². The largest absolute Gasteiger partial charge is 0.385 e. The third-order valence-corrected chi connectivity index (χ3v) is 4.06. The summed E-state index contributed by atoms with van der Waals surface area (Å²) in [7, 11) is 0. The van der Waals surface area contributed by atoms with Crippen LogP contribution >= 0.6 is 0 Å². The van der Waals surface area contributed by atoms with Crippen molar-refractivity contribution in [2.24, 2.45) is 5.73 Å². The fourth-order valence-electron chi connectivity index (χ4n) is 2.65. The number of nitrogens with one attached hydrogen (secondary N) is 1. The van der Waals surface area contributed by atoms with E-state index in [2.05, 4.69) is 48.3 Å². The molecule has 0 radical (unpaired) electrons. The van der Waals surface area contributed by atoms with Gasteiger partial charge in [-0.1, -0.05) is 82.9 Å². The molecule has 0 aliphatic heterocycles. The van der Waals surface area contributed by atoms with Gasteiger partial charge in [-0.15, -0.1) is 0 Å². The maximum atomic E-state index is 9.95. The van der Waals surface area contributed by atoms with Gasteiger partial charge in [0.15, 0.2) is 0 Å². The van der Waals surface area contributed by atoms with Crippen LogP contribution in [0, 0.1) is 0 Å². The quantitative estimate of drug-likeness (QED) is 0.340. The number of carbonyl (C=O) groups excluding carboxylic acids is 2. The number of anilines is 1. The lowest BCUT2D eigenvalue weighted by atomic mass is 10.1. The number of para-hydroxylation sites is 1. The number of hydrogen-bond acceptors (Lipinski definition) is 3. The van der Waals surface area contributed by atoms with E-state index in [0.717, 1.165) is 6.54 Å². The van der Waals surface area contributed by atoms with Gasteiger partial charge >= 0.3 is 0 Å². The number of nitrogens with two attached hydrogens (primary N) is 1. The summed E-state index contributed by atoms with van der Waals surface area (Å²) in [5.74, 6) is -0.750. The molecule has 1 aromatic carbocycles. The highest BCUT2D eigenvalue weighted by Gasteiger charge is 1.96. The van der Waals surface area contributed by atoms with Crippen LogP contribution in [0.15, 0.2) is 30.3 Å². The summed E-state index contributed by atoms with van der Waals surface area (Å²) in [5.41, 5.74) is 5.88. The summed E-state index contributed by atoms with van der Waals surface area (Å²) in [6.45, 7) is 4.72. The first-order valence-corrected chi connectivity index (χ1v) is 10.1.